The second-order valence-electron chi connectivity index (χ2n) is 9.27. The minimum absolute atomic E-state index is 0.138. The van der Waals surface area contributed by atoms with Crippen LogP contribution in [0.1, 0.15) is 116 Å². The van der Waals surface area contributed by atoms with Crippen LogP contribution in [0.4, 0.5) is 0 Å². The average molecular weight is 645 g/mol. The molecule has 0 aromatic carbocycles. The van der Waals surface area contributed by atoms with Gasteiger partial charge in [-0.3, -0.25) is 4.79 Å². The van der Waals surface area contributed by atoms with E-state index < -0.39 is 38.9 Å². The molecule has 34 heavy (non-hydrogen) atoms. The van der Waals surface area contributed by atoms with Crippen LogP contribution in [0.3, 0.4) is 0 Å². The smallest absolute Gasteiger partial charge is 0.481 e. The van der Waals surface area contributed by atoms with Crippen LogP contribution in [-0.4, -0.2) is 60.1 Å². The summed E-state index contributed by atoms with van der Waals surface area (Å²) < 4.78 is 0. The van der Waals surface area contributed by atoms with Crippen molar-refractivity contribution >= 4 is 59.0 Å². The molecule has 2 N–H and O–H groups in total. The van der Waals surface area contributed by atoms with E-state index in [-0.39, 0.29) is 5.25 Å². The predicted octanol–water partition coefficient (Wildman–Crippen LogP) is 9.13. The Morgan fingerprint density at radius 1 is 0.676 bits per heavy atom. The number of unbranched alkanes of at least 4 members (excludes halogenated alkanes) is 13. The van der Waals surface area contributed by atoms with E-state index in [0.717, 1.165) is 25.7 Å². The third-order valence-electron chi connectivity index (χ3n) is 5.32. The Hall–Kier alpha value is 0.757. The van der Waals surface area contributed by atoms with Crippen molar-refractivity contribution in [2.24, 2.45) is 0 Å². The molecule has 204 valence electrons. The summed E-state index contributed by atoms with van der Waals surface area (Å²) >= 11 is -1.33. The van der Waals surface area contributed by atoms with Crippen molar-refractivity contribution in [1.82, 2.24) is 0 Å². The molecule has 4 nitrogen and oxygen atoms in total. The van der Waals surface area contributed by atoms with E-state index >= 15 is 0 Å². The van der Waals surface area contributed by atoms with E-state index in [1.54, 1.807) is 10.0 Å². The number of hydrogen-bond acceptors (Lipinski definition) is 4. The molecular weight excluding hydrogens is 590 g/mol. The molecule has 0 aromatic rings. The van der Waals surface area contributed by atoms with Gasteiger partial charge in [0.2, 0.25) is 0 Å². The quantitative estimate of drug-likeness (QED) is 0.0854. The summed E-state index contributed by atoms with van der Waals surface area (Å²) in [5.41, 5.74) is 9.21. The molecule has 0 spiro atoms. The Morgan fingerprint density at radius 3 is 1.59 bits per heavy atom. The van der Waals surface area contributed by atoms with Gasteiger partial charge in [-0.25, -0.2) is 0 Å². The zero-order valence-electron chi connectivity index (χ0n) is 22.7. The molecule has 0 saturated carbocycles. The third kappa shape index (κ3) is 32.8. The summed E-state index contributed by atoms with van der Waals surface area (Å²) in [6.45, 7) is 2.23. The predicted molar refractivity (Wildman–Crippen MR) is 158 cm³/mol. The molecule has 0 bridgehead atoms. The van der Waals surface area contributed by atoms with Gasteiger partial charge in [0.25, 0.3) is 0 Å². The molecule has 0 aromatic heterocycles. The fourth-order valence-corrected chi connectivity index (χ4v) is 12.6. The maximum atomic E-state index is 11.0. The van der Waals surface area contributed by atoms with Gasteiger partial charge in [-0.05, 0) is 0 Å². The van der Waals surface area contributed by atoms with Crippen molar-refractivity contribution in [3.05, 3.63) is 0 Å². The molecule has 1 unspecified atom stereocenters. The first-order valence-corrected chi connectivity index (χ1v) is 27.2. The van der Waals surface area contributed by atoms with E-state index in [1.807, 2.05) is 0 Å². The van der Waals surface area contributed by atoms with Crippen LogP contribution < -0.4 is 0 Å². The van der Waals surface area contributed by atoms with Crippen molar-refractivity contribution in [1.29, 1.82) is 0 Å². The number of carbonyl (C=O) groups is 2. The van der Waals surface area contributed by atoms with Crippen molar-refractivity contribution in [3.8, 4) is 0 Å². The van der Waals surface area contributed by atoms with Gasteiger partial charge in [-0.1, -0.05) is 0 Å². The molecule has 1 atom stereocenters. The van der Waals surface area contributed by atoms with Crippen LogP contribution in [0.15, 0.2) is 0 Å². The van der Waals surface area contributed by atoms with Crippen molar-refractivity contribution in [2.45, 2.75) is 144 Å². The van der Waals surface area contributed by atoms with E-state index in [1.165, 1.54) is 82.8 Å². The van der Waals surface area contributed by atoms with Crippen LogP contribution in [0.2, 0.25) is 22.8 Å². The fraction of sp³-hybridized carbons (Fsp3) is 0.923. The van der Waals surface area contributed by atoms with Gasteiger partial charge in [-0.15, -0.1) is 0 Å². The Labute approximate surface area is 227 Å². The normalized spacial score (nSPS) is 12.0. The molecule has 0 radical (unpaired) electrons. The number of hydrogen-bond donors (Lipinski definition) is 2. The Morgan fingerprint density at radius 2 is 1.15 bits per heavy atom. The van der Waals surface area contributed by atoms with Gasteiger partial charge in [0.05, 0.1) is 0 Å². The second kappa shape index (κ2) is 28.3. The first-order valence-electron chi connectivity index (χ1n) is 13.3. The summed E-state index contributed by atoms with van der Waals surface area (Å²) in [6, 6.07) is 0. The Kier molecular flexibility index (Phi) is 30.8. The van der Waals surface area contributed by atoms with Crippen molar-refractivity contribution in [2.75, 3.05) is 5.75 Å². The number of carboxylic acid groups (broad SMARTS) is 2. The molecule has 0 aliphatic carbocycles. The SMILES string of the molecule is CCCCCCCCCC(S[As](C)C)C(=O)O.C[As](C)SCCCCCCCCCCC(=O)O. The van der Waals surface area contributed by atoms with Crippen molar-refractivity contribution in [3.63, 3.8) is 0 Å². The minimum atomic E-state index is -0.884. The average Bonchev–Trinajstić information content (AvgIpc) is 2.75. The molecule has 0 fully saturated rings. The first-order chi connectivity index (χ1) is 16.2. The van der Waals surface area contributed by atoms with Gasteiger partial charge in [0.1, 0.15) is 0 Å². The number of carboxylic acids is 2. The molecule has 0 amide bonds. The topological polar surface area (TPSA) is 74.6 Å². The Bertz CT molecular complexity index is 466. The first kappa shape index (κ1) is 36.9. The summed E-state index contributed by atoms with van der Waals surface area (Å²) in [4.78, 5) is 21.3. The second-order valence-corrected chi connectivity index (χ2v) is 28.1. The number of rotatable bonds is 23. The van der Waals surface area contributed by atoms with E-state index in [2.05, 4.69) is 39.8 Å². The molecular formula is C26H54As2O4S2. The number of aliphatic carboxylic acids is 2. The Balaban J connectivity index is 0. The molecule has 0 aliphatic heterocycles. The standard InChI is InChI=1S/2C13H27AsO2S/c1-14(2)17-12-10-8-6-4-3-5-7-9-11-13(15)16;1-4-5-6-7-8-9-10-11-12(13(15)16)17-14(2)3/h3-12H2,1-2H3,(H,15,16);12H,4-11H2,1-3H3,(H,15,16). The zero-order chi connectivity index (χ0) is 26.0. The van der Waals surface area contributed by atoms with Gasteiger partial charge >= 0.3 is 219 Å². The van der Waals surface area contributed by atoms with Gasteiger partial charge < -0.3 is 5.11 Å². The minimum Gasteiger partial charge on any atom is -0.481 e. The van der Waals surface area contributed by atoms with Crippen molar-refractivity contribution < 1.29 is 19.8 Å². The molecule has 0 heterocycles. The van der Waals surface area contributed by atoms with E-state index in [9.17, 15) is 9.59 Å². The van der Waals surface area contributed by atoms with Crippen LogP contribution >= 0.6 is 20.0 Å². The molecule has 8 heteroatoms. The molecule has 0 saturated heterocycles. The summed E-state index contributed by atoms with van der Waals surface area (Å²) in [5, 5.41) is 17.4. The zero-order valence-corrected chi connectivity index (χ0v) is 28.1. The van der Waals surface area contributed by atoms with Gasteiger partial charge in [0, 0.05) is 0 Å². The van der Waals surface area contributed by atoms with Crippen LogP contribution in [0.5, 0.6) is 0 Å². The van der Waals surface area contributed by atoms with Crippen LogP contribution in [-0.2, 0) is 9.59 Å². The van der Waals surface area contributed by atoms with Gasteiger partial charge in [-0.2, -0.15) is 0 Å². The van der Waals surface area contributed by atoms with E-state index in [4.69, 9.17) is 10.2 Å². The monoisotopic (exact) mass is 644 g/mol. The molecule has 0 rings (SSSR count). The fourth-order valence-electron chi connectivity index (χ4n) is 3.45. The van der Waals surface area contributed by atoms with Gasteiger partial charge in [0.15, 0.2) is 0 Å². The summed E-state index contributed by atoms with van der Waals surface area (Å²) in [6.07, 6.45) is 19.9. The summed E-state index contributed by atoms with van der Waals surface area (Å²) in [5.74, 6) is 0.103. The van der Waals surface area contributed by atoms with E-state index in [0.29, 0.717) is 6.42 Å². The van der Waals surface area contributed by atoms with Crippen LogP contribution in [0, 0.1) is 0 Å². The maximum absolute atomic E-state index is 11.0. The third-order valence-corrected chi connectivity index (χ3v) is 16.1. The molecule has 0 aliphatic rings. The summed E-state index contributed by atoms with van der Waals surface area (Å²) in [7, 11) is 3.92. The van der Waals surface area contributed by atoms with Crippen LogP contribution in [0.25, 0.3) is 0 Å².